The average molecular weight is 208 g/mol. The highest BCUT2D eigenvalue weighted by Crippen LogP contribution is 2.30. The highest BCUT2D eigenvalue weighted by molar-refractivity contribution is 4.87. The van der Waals surface area contributed by atoms with Gasteiger partial charge in [-0.2, -0.15) is 5.26 Å². The first-order valence-corrected chi connectivity index (χ1v) is 6.28. The Kier molecular flexibility index (Phi) is 5.11. The summed E-state index contributed by atoms with van der Waals surface area (Å²) in [5, 5.41) is 12.3. The van der Waals surface area contributed by atoms with Crippen LogP contribution in [0.15, 0.2) is 0 Å². The Labute approximate surface area is 94.1 Å². The van der Waals surface area contributed by atoms with Crippen LogP contribution in [0.3, 0.4) is 0 Å². The van der Waals surface area contributed by atoms with E-state index in [0.29, 0.717) is 18.5 Å². The lowest BCUT2D eigenvalue weighted by Gasteiger charge is -2.36. The molecule has 0 aromatic carbocycles. The topological polar surface area (TPSA) is 35.8 Å². The van der Waals surface area contributed by atoms with Crippen molar-refractivity contribution >= 4 is 0 Å². The molecule has 86 valence electrons. The number of nitrogens with one attached hydrogen (secondary N) is 1. The quantitative estimate of drug-likeness (QED) is 0.770. The fraction of sp³-hybridized carbons (Fsp3) is 0.923. The Morgan fingerprint density at radius 1 is 1.27 bits per heavy atom. The molecule has 0 saturated heterocycles. The van der Waals surface area contributed by atoms with Gasteiger partial charge in [0.25, 0.3) is 0 Å². The second-order valence-electron chi connectivity index (χ2n) is 5.23. The molecular formula is C13H24N2. The van der Waals surface area contributed by atoms with Gasteiger partial charge < -0.3 is 5.32 Å². The zero-order chi connectivity index (χ0) is 11.3. The summed E-state index contributed by atoms with van der Waals surface area (Å²) in [6.45, 7) is 6.76. The highest BCUT2D eigenvalue weighted by Gasteiger charge is 2.27. The number of nitriles is 1. The molecule has 0 aromatic rings. The van der Waals surface area contributed by atoms with E-state index in [1.807, 2.05) is 0 Å². The van der Waals surface area contributed by atoms with Crippen molar-refractivity contribution in [3.63, 3.8) is 0 Å². The number of nitrogens with zero attached hydrogens (tertiary/aromatic N) is 1. The molecule has 1 fully saturated rings. The van der Waals surface area contributed by atoms with Gasteiger partial charge >= 0.3 is 0 Å². The lowest BCUT2D eigenvalue weighted by molar-refractivity contribution is 0.195. The van der Waals surface area contributed by atoms with Gasteiger partial charge in [-0.15, -0.1) is 0 Å². The molecule has 0 radical (unpaired) electrons. The van der Waals surface area contributed by atoms with Crippen LogP contribution >= 0.6 is 0 Å². The molecule has 0 aromatic heterocycles. The van der Waals surface area contributed by atoms with Crippen LogP contribution in [0.4, 0.5) is 0 Å². The molecule has 2 heteroatoms. The third kappa shape index (κ3) is 3.83. The van der Waals surface area contributed by atoms with Crippen LogP contribution < -0.4 is 5.32 Å². The van der Waals surface area contributed by atoms with Crippen LogP contribution in [0.2, 0.25) is 0 Å². The van der Waals surface area contributed by atoms with Crippen molar-refractivity contribution in [2.75, 3.05) is 0 Å². The lowest BCUT2D eigenvalue weighted by atomic mass is 9.77. The summed E-state index contributed by atoms with van der Waals surface area (Å²) in [5.74, 6) is 1.57. The summed E-state index contributed by atoms with van der Waals surface area (Å²) in [7, 11) is 0. The fourth-order valence-electron chi connectivity index (χ4n) is 2.73. The lowest BCUT2D eigenvalue weighted by Crippen LogP contribution is -2.44. The minimum absolute atomic E-state index is 0.347. The predicted molar refractivity (Wildman–Crippen MR) is 63.4 cm³/mol. The van der Waals surface area contributed by atoms with Crippen molar-refractivity contribution < 1.29 is 0 Å². The SMILES string of the molecule is CC(CC#N)NC1CCCCC1C(C)C. The van der Waals surface area contributed by atoms with Crippen molar-refractivity contribution in [1.82, 2.24) is 5.32 Å². The van der Waals surface area contributed by atoms with Gasteiger partial charge in [-0.05, 0) is 31.6 Å². The Balaban J connectivity index is 2.46. The van der Waals surface area contributed by atoms with E-state index in [2.05, 4.69) is 32.2 Å². The van der Waals surface area contributed by atoms with Gasteiger partial charge in [0.05, 0.1) is 12.5 Å². The Hall–Kier alpha value is -0.550. The highest BCUT2D eigenvalue weighted by atomic mass is 15.0. The molecule has 0 heterocycles. The van der Waals surface area contributed by atoms with E-state index in [9.17, 15) is 0 Å². The van der Waals surface area contributed by atoms with E-state index in [4.69, 9.17) is 5.26 Å². The first-order chi connectivity index (χ1) is 7.15. The van der Waals surface area contributed by atoms with Crippen LogP contribution in [0.25, 0.3) is 0 Å². The van der Waals surface area contributed by atoms with Crippen LogP contribution in [0, 0.1) is 23.2 Å². The van der Waals surface area contributed by atoms with E-state index in [1.54, 1.807) is 0 Å². The third-order valence-electron chi connectivity index (χ3n) is 3.57. The second-order valence-corrected chi connectivity index (χ2v) is 5.23. The molecule has 3 unspecified atom stereocenters. The summed E-state index contributed by atoms with van der Waals surface area (Å²) in [6, 6.07) is 3.23. The normalized spacial score (nSPS) is 28.7. The molecule has 1 rings (SSSR count). The monoisotopic (exact) mass is 208 g/mol. The number of hydrogen-bond acceptors (Lipinski definition) is 2. The minimum atomic E-state index is 0.347. The Morgan fingerprint density at radius 2 is 1.93 bits per heavy atom. The maximum Gasteiger partial charge on any atom is 0.0638 e. The third-order valence-corrected chi connectivity index (χ3v) is 3.57. The molecule has 1 aliphatic rings. The fourth-order valence-corrected chi connectivity index (χ4v) is 2.73. The first-order valence-electron chi connectivity index (χ1n) is 6.28. The Bertz CT molecular complexity index is 217. The summed E-state index contributed by atoms with van der Waals surface area (Å²) in [4.78, 5) is 0. The van der Waals surface area contributed by atoms with E-state index in [1.165, 1.54) is 25.7 Å². The van der Waals surface area contributed by atoms with Gasteiger partial charge in [0, 0.05) is 12.1 Å². The summed E-state index contributed by atoms with van der Waals surface area (Å²) < 4.78 is 0. The van der Waals surface area contributed by atoms with Crippen LogP contribution in [-0.4, -0.2) is 12.1 Å². The molecule has 1 aliphatic carbocycles. The standard InChI is InChI=1S/C13H24N2/c1-10(2)12-6-4-5-7-13(12)15-11(3)8-9-14/h10-13,15H,4-8H2,1-3H3. The first kappa shape index (κ1) is 12.5. The summed E-state index contributed by atoms with van der Waals surface area (Å²) >= 11 is 0. The van der Waals surface area contributed by atoms with Gasteiger partial charge in [-0.1, -0.05) is 26.7 Å². The van der Waals surface area contributed by atoms with Crippen molar-refractivity contribution in [1.29, 1.82) is 5.26 Å². The van der Waals surface area contributed by atoms with Crippen LogP contribution in [0.1, 0.15) is 52.9 Å². The van der Waals surface area contributed by atoms with Crippen molar-refractivity contribution in [2.24, 2.45) is 11.8 Å². The molecule has 1 saturated carbocycles. The van der Waals surface area contributed by atoms with Crippen LogP contribution in [0.5, 0.6) is 0 Å². The van der Waals surface area contributed by atoms with Crippen molar-refractivity contribution in [3.05, 3.63) is 0 Å². The van der Waals surface area contributed by atoms with Gasteiger partial charge in [-0.3, -0.25) is 0 Å². The molecule has 2 nitrogen and oxygen atoms in total. The summed E-state index contributed by atoms with van der Waals surface area (Å²) in [5.41, 5.74) is 0. The van der Waals surface area contributed by atoms with Crippen molar-refractivity contribution in [2.45, 2.75) is 65.0 Å². The largest absolute Gasteiger partial charge is 0.310 e. The maximum atomic E-state index is 8.65. The Morgan fingerprint density at radius 3 is 2.53 bits per heavy atom. The van der Waals surface area contributed by atoms with E-state index in [0.717, 1.165) is 11.8 Å². The molecule has 0 aliphatic heterocycles. The molecule has 1 N–H and O–H groups in total. The molecule has 3 atom stereocenters. The molecule has 15 heavy (non-hydrogen) atoms. The zero-order valence-corrected chi connectivity index (χ0v) is 10.3. The smallest absolute Gasteiger partial charge is 0.0638 e. The number of rotatable bonds is 4. The van der Waals surface area contributed by atoms with Gasteiger partial charge in [0.2, 0.25) is 0 Å². The number of hydrogen-bond donors (Lipinski definition) is 1. The molecule has 0 amide bonds. The van der Waals surface area contributed by atoms with Gasteiger partial charge in [0.1, 0.15) is 0 Å². The molecular weight excluding hydrogens is 184 g/mol. The summed E-state index contributed by atoms with van der Waals surface area (Å²) in [6.07, 6.45) is 6.00. The van der Waals surface area contributed by atoms with Crippen molar-refractivity contribution in [3.8, 4) is 6.07 Å². The van der Waals surface area contributed by atoms with Gasteiger partial charge in [0.15, 0.2) is 0 Å². The van der Waals surface area contributed by atoms with E-state index in [-0.39, 0.29) is 0 Å². The van der Waals surface area contributed by atoms with E-state index >= 15 is 0 Å². The second kappa shape index (κ2) is 6.12. The molecule has 0 bridgehead atoms. The predicted octanol–water partition coefficient (Wildman–Crippen LogP) is 3.09. The van der Waals surface area contributed by atoms with Gasteiger partial charge in [-0.25, -0.2) is 0 Å². The van der Waals surface area contributed by atoms with E-state index < -0.39 is 0 Å². The maximum absolute atomic E-state index is 8.65. The molecule has 0 spiro atoms. The average Bonchev–Trinajstić information content (AvgIpc) is 2.18. The zero-order valence-electron chi connectivity index (χ0n) is 10.3. The van der Waals surface area contributed by atoms with Crippen LogP contribution in [-0.2, 0) is 0 Å². The minimum Gasteiger partial charge on any atom is -0.310 e.